The van der Waals surface area contributed by atoms with Gasteiger partial charge in [-0.15, -0.1) is 0 Å². The maximum atomic E-state index is 12.8. The quantitative estimate of drug-likeness (QED) is 0.146. The molecule has 3 aromatic carbocycles. The molecule has 0 fully saturated rings. The van der Waals surface area contributed by atoms with Crippen LogP contribution < -0.4 is 29.4 Å². The van der Waals surface area contributed by atoms with Gasteiger partial charge in [0.1, 0.15) is 28.9 Å². The highest BCUT2D eigenvalue weighted by atomic mass is 16.5. The van der Waals surface area contributed by atoms with Gasteiger partial charge in [0, 0.05) is 11.6 Å². The monoisotopic (exact) mass is 556 g/mol. The highest BCUT2D eigenvalue weighted by Gasteiger charge is 2.32. The molecule has 41 heavy (non-hydrogen) atoms. The van der Waals surface area contributed by atoms with Crippen LogP contribution in [0.5, 0.6) is 28.7 Å². The van der Waals surface area contributed by atoms with Gasteiger partial charge in [-0.3, -0.25) is 0 Å². The lowest BCUT2D eigenvalue weighted by Crippen LogP contribution is -2.21. The molecule has 0 spiro atoms. The number of unbranched alkanes of at least 4 members (excludes halogenated alkanes) is 3. The maximum absolute atomic E-state index is 12.8. The van der Waals surface area contributed by atoms with Gasteiger partial charge in [0.15, 0.2) is 11.5 Å². The molecule has 1 aliphatic heterocycles. The third kappa shape index (κ3) is 7.12. The second kappa shape index (κ2) is 13.6. The Kier molecular flexibility index (Phi) is 9.75. The minimum Gasteiger partial charge on any atom is -0.493 e. The van der Waals surface area contributed by atoms with Crippen LogP contribution in [0.4, 0.5) is 0 Å². The molecule has 0 saturated heterocycles. The molecule has 1 aliphatic rings. The standard InChI is InChI=1S/C33H36N2O6/c1-5-6-7-8-17-38-28-16-11-23(18-30(28)37-4)31-26-15-14-25(19-29(26)41-32(35)27(31)20-34)40-33(36)22-9-12-24(13-10-22)39-21(2)3/h9-16,18-19,21,31H,5-8,17,35H2,1-4H3. The molecule has 3 aromatic rings. The number of nitrogens with zero attached hydrogens (tertiary/aromatic N) is 1. The molecular weight excluding hydrogens is 520 g/mol. The summed E-state index contributed by atoms with van der Waals surface area (Å²) in [5.74, 6) is 1.52. The zero-order valence-corrected chi connectivity index (χ0v) is 23.9. The summed E-state index contributed by atoms with van der Waals surface area (Å²) in [6, 6.07) is 19.6. The van der Waals surface area contributed by atoms with E-state index in [2.05, 4.69) is 13.0 Å². The van der Waals surface area contributed by atoms with Crippen LogP contribution in [0.3, 0.4) is 0 Å². The van der Waals surface area contributed by atoms with Gasteiger partial charge in [-0.25, -0.2) is 4.79 Å². The molecule has 2 N–H and O–H groups in total. The van der Waals surface area contributed by atoms with Crippen molar-refractivity contribution in [1.82, 2.24) is 0 Å². The minimum atomic E-state index is -0.523. The topological polar surface area (TPSA) is 113 Å². The van der Waals surface area contributed by atoms with Gasteiger partial charge in [-0.05, 0) is 68.3 Å². The summed E-state index contributed by atoms with van der Waals surface area (Å²) in [5, 5.41) is 9.95. The predicted octanol–water partition coefficient (Wildman–Crippen LogP) is 6.88. The third-order valence-corrected chi connectivity index (χ3v) is 6.64. The number of methoxy groups -OCH3 is 1. The van der Waals surface area contributed by atoms with Crippen LogP contribution >= 0.6 is 0 Å². The molecule has 8 nitrogen and oxygen atoms in total. The summed E-state index contributed by atoms with van der Waals surface area (Å²) in [4.78, 5) is 12.8. The Balaban J connectivity index is 1.56. The van der Waals surface area contributed by atoms with E-state index in [4.69, 9.17) is 29.4 Å². The fourth-order valence-corrected chi connectivity index (χ4v) is 4.64. The third-order valence-electron chi connectivity index (χ3n) is 6.64. The fraction of sp³-hybridized carbons (Fsp3) is 0.333. The molecule has 8 heteroatoms. The Morgan fingerprint density at radius 3 is 2.44 bits per heavy atom. The smallest absolute Gasteiger partial charge is 0.343 e. The van der Waals surface area contributed by atoms with Gasteiger partial charge in [0.05, 0.1) is 31.3 Å². The minimum absolute atomic E-state index is 0.00978. The summed E-state index contributed by atoms with van der Waals surface area (Å²) in [6.07, 6.45) is 4.45. The number of ether oxygens (including phenoxy) is 5. The number of rotatable bonds is 12. The van der Waals surface area contributed by atoms with Crippen molar-refractivity contribution in [3.05, 3.63) is 88.8 Å². The number of hydrogen-bond donors (Lipinski definition) is 1. The fourth-order valence-electron chi connectivity index (χ4n) is 4.64. The second-order valence-corrected chi connectivity index (χ2v) is 10.0. The average Bonchev–Trinajstić information content (AvgIpc) is 2.96. The Morgan fingerprint density at radius 2 is 1.76 bits per heavy atom. The molecular formula is C33H36N2O6. The van der Waals surface area contributed by atoms with Gasteiger partial charge < -0.3 is 29.4 Å². The number of hydrogen-bond acceptors (Lipinski definition) is 8. The van der Waals surface area contributed by atoms with Crippen LogP contribution in [0.2, 0.25) is 0 Å². The number of allylic oxidation sites excluding steroid dienone is 1. The van der Waals surface area contributed by atoms with Crippen LogP contribution in [-0.2, 0) is 0 Å². The van der Waals surface area contributed by atoms with E-state index >= 15 is 0 Å². The molecule has 0 saturated carbocycles. The number of esters is 1. The molecule has 0 bridgehead atoms. The zero-order valence-electron chi connectivity index (χ0n) is 23.9. The second-order valence-electron chi connectivity index (χ2n) is 10.0. The van der Waals surface area contributed by atoms with Gasteiger partial charge >= 0.3 is 5.97 Å². The van der Waals surface area contributed by atoms with Crippen molar-refractivity contribution in [3.63, 3.8) is 0 Å². The van der Waals surface area contributed by atoms with Crippen molar-refractivity contribution < 1.29 is 28.5 Å². The Hall–Kier alpha value is -4.64. The van der Waals surface area contributed by atoms with Crippen molar-refractivity contribution in [2.45, 2.75) is 58.5 Å². The van der Waals surface area contributed by atoms with Crippen molar-refractivity contribution >= 4 is 5.97 Å². The number of benzene rings is 3. The molecule has 1 unspecified atom stereocenters. The van der Waals surface area contributed by atoms with Gasteiger partial charge in [-0.1, -0.05) is 38.3 Å². The lowest BCUT2D eigenvalue weighted by molar-refractivity contribution is 0.0734. The molecule has 214 valence electrons. The van der Waals surface area contributed by atoms with Crippen LogP contribution in [0.1, 0.15) is 73.9 Å². The van der Waals surface area contributed by atoms with E-state index < -0.39 is 11.9 Å². The van der Waals surface area contributed by atoms with E-state index in [0.29, 0.717) is 40.7 Å². The first kappa shape index (κ1) is 29.3. The summed E-state index contributed by atoms with van der Waals surface area (Å²) in [7, 11) is 1.59. The Bertz CT molecular complexity index is 1440. The van der Waals surface area contributed by atoms with Gasteiger partial charge in [0.2, 0.25) is 5.88 Å². The molecule has 0 aromatic heterocycles. The van der Waals surface area contributed by atoms with E-state index in [-0.39, 0.29) is 23.3 Å². The number of nitriles is 1. The molecule has 4 rings (SSSR count). The number of nitrogens with two attached hydrogens (primary N) is 1. The van der Waals surface area contributed by atoms with Crippen LogP contribution in [0.25, 0.3) is 0 Å². The largest absolute Gasteiger partial charge is 0.493 e. The average molecular weight is 557 g/mol. The first-order valence-electron chi connectivity index (χ1n) is 13.9. The first-order valence-corrected chi connectivity index (χ1v) is 13.9. The number of carbonyl (C=O) groups excluding carboxylic acids is 1. The lowest BCUT2D eigenvalue weighted by Gasteiger charge is -2.27. The Labute approximate surface area is 241 Å². The summed E-state index contributed by atoms with van der Waals surface area (Å²) in [6.45, 7) is 6.64. The van der Waals surface area contributed by atoms with Crippen molar-refractivity contribution in [1.29, 1.82) is 5.26 Å². The van der Waals surface area contributed by atoms with Gasteiger partial charge in [0.25, 0.3) is 0 Å². The lowest BCUT2D eigenvalue weighted by atomic mass is 9.83. The SMILES string of the molecule is CCCCCCOc1ccc(C2C(C#N)=C(N)Oc3cc(OC(=O)c4ccc(OC(C)C)cc4)ccc32)cc1OC. The van der Waals surface area contributed by atoms with Crippen LogP contribution in [0.15, 0.2) is 72.1 Å². The summed E-state index contributed by atoms with van der Waals surface area (Å²) >= 11 is 0. The van der Waals surface area contributed by atoms with E-state index in [0.717, 1.165) is 24.8 Å². The predicted molar refractivity (Wildman–Crippen MR) is 156 cm³/mol. The number of fused-ring (bicyclic) bond motifs is 1. The van der Waals surface area contributed by atoms with Crippen LogP contribution in [0, 0.1) is 11.3 Å². The van der Waals surface area contributed by atoms with E-state index in [1.807, 2.05) is 32.0 Å². The summed E-state index contributed by atoms with van der Waals surface area (Å²) < 4.78 is 28.6. The highest BCUT2D eigenvalue weighted by Crippen LogP contribution is 2.45. The molecule has 1 heterocycles. The van der Waals surface area contributed by atoms with E-state index in [1.165, 1.54) is 6.42 Å². The van der Waals surface area contributed by atoms with E-state index in [1.54, 1.807) is 49.6 Å². The molecule has 0 amide bonds. The maximum Gasteiger partial charge on any atom is 0.343 e. The van der Waals surface area contributed by atoms with Crippen molar-refractivity contribution in [2.24, 2.45) is 5.73 Å². The normalized spacial score (nSPS) is 14.1. The summed E-state index contributed by atoms with van der Waals surface area (Å²) in [5.41, 5.74) is 8.34. The van der Waals surface area contributed by atoms with Gasteiger partial charge in [-0.2, -0.15) is 5.26 Å². The zero-order chi connectivity index (χ0) is 29.4. The van der Waals surface area contributed by atoms with E-state index in [9.17, 15) is 10.1 Å². The highest BCUT2D eigenvalue weighted by molar-refractivity contribution is 5.91. The van der Waals surface area contributed by atoms with Crippen molar-refractivity contribution in [2.75, 3.05) is 13.7 Å². The molecule has 0 radical (unpaired) electrons. The molecule has 1 atom stereocenters. The molecule has 0 aliphatic carbocycles. The Morgan fingerprint density at radius 1 is 1.00 bits per heavy atom. The number of carbonyl (C=O) groups is 1. The van der Waals surface area contributed by atoms with Crippen LogP contribution in [-0.4, -0.2) is 25.8 Å². The first-order chi connectivity index (χ1) is 19.8. The van der Waals surface area contributed by atoms with Crippen molar-refractivity contribution in [3.8, 4) is 34.8 Å².